The maximum atomic E-state index is 13.7. The predicted octanol–water partition coefficient (Wildman–Crippen LogP) is 2.62. The molecule has 1 unspecified atom stereocenters. The molecule has 3 nitrogen and oxygen atoms in total. The number of carbonyl (C=O) groups excluding carboxylic acids is 1. The predicted molar refractivity (Wildman–Crippen MR) is 76.8 cm³/mol. The first-order valence-corrected chi connectivity index (χ1v) is 6.81. The quantitative estimate of drug-likeness (QED) is 0.854. The van der Waals surface area contributed by atoms with Gasteiger partial charge in [0, 0.05) is 24.0 Å². The number of likely N-dealkylation sites (tertiary alicyclic amines) is 1. The second-order valence-electron chi connectivity index (χ2n) is 4.62. The summed E-state index contributed by atoms with van der Waals surface area (Å²) in [7, 11) is 0. The minimum absolute atomic E-state index is 0.00362. The molecule has 1 aliphatic heterocycles. The van der Waals surface area contributed by atoms with E-state index in [1.165, 1.54) is 18.2 Å². The number of hydrogen-bond acceptors (Lipinski definition) is 2. The average molecular weight is 301 g/mol. The van der Waals surface area contributed by atoms with Crippen LogP contribution in [0.1, 0.15) is 23.2 Å². The van der Waals surface area contributed by atoms with Gasteiger partial charge in [-0.3, -0.25) is 4.79 Å². The number of nitrogens with zero attached hydrogens (tertiary/aromatic N) is 1. The van der Waals surface area contributed by atoms with Gasteiger partial charge < -0.3 is 10.6 Å². The monoisotopic (exact) mass is 300 g/mol. The van der Waals surface area contributed by atoms with Crippen LogP contribution in [0.25, 0.3) is 0 Å². The summed E-state index contributed by atoms with van der Waals surface area (Å²) >= 11 is 10.8. The first kappa shape index (κ1) is 14.2. The number of nitrogens with two attached hydrogens (primary N) is 1. The van der Waals surface area contributed by atoms with Crippen LogP contribution < -0.4 is 5.73 Å². The molecule has 2 N–H and O–H groups in total. The molecular weight excluding hydrogens is 287 g/mol. The van der Waals surface area contributed by atoms with Gasteiger partial charge >= 0.3 is 0 Å². The fourth-order valence-electron chi connectivity index (χ4n) is 2.23. The Morgan fingerprint density at radius 2 is 2.26 bits per heavy atom. The Bertz CT molecular complexity index is 523. The zero-order valence-electron chi connectivity index (χ0n) is 10.2. The van der Waals surface area contributed by atoms with Gasteiger partial charge in [0.1, 0.15) is 5.82 Å². The van der Waals surface area contributed by atoms with Crippen molar-refractivity contribution in [1.82, 2.24) is 4.90 Å². The molecule has 1 atom stereocenters. The lowest BCUT2D eigenvalue weighted by atomic mass is 9.97. The molecule has 1 amide bonds. The molecule has 1 fully saturated rings. The average Bonchev–Trinajstić information content (AvgIpc) is 2.41. The summed E-state index contributed by atoms with van der Waals surface area (Å²) in [5, 5.41) is 0.340. The Balaban J connectivity index is 2.19. The van der Waals surface area contributed by atoms with E-state index in [2.05, 4.69) is 0 Å². The largest absolute Gasteiger partial charge is 0.393 e. The lowest BCUT2D eigenvalue weighted by molar-refractivity contribution is 0.0699. The molecule has 0 bridgehead atoms. The Labute approximate surface area is 121 Å². The summed E-state index contributed by atoms with van der Waals surface area (Å²) in [4.78, 5) is 14.3. The summed E-state index contributed by atoms with van der Waals surface area (Å²) in [6.45, 7) is 1.03. The van der Waals surface area contributed by atoms with Crippen molar-refractivity contribution in [2.75, 3.05) is 13.1 Å². The van der Waals surface area contributed by atoms with E-state index in [1.54, 1.807) is 4.90 Å². The smallest absolute Gasteiger partial charge is 0.256 e. The molecule has 1 aromatic carbocycles. The van der Waals surface area contributed by atoms with Crippen LogP contribution in [0.3, 0.4) is 0 Å². The molecule has 19 heavy (non-hydrogen) atoms. The van der Waals surface area contributed by atoms with Gasteiger partial charge in [-0.2, -0.15) is 0 Å². The topological polar surface area (TPSA) is 46.3 Å². The van der Waals surface area contributed by atoms with Crippen molar-refractivity contribution < 1.29 is 9.18 Å². The number of benzene rings is 1. The number of halogens is 2. The Morgan fingerprint density at radius 1 is 1.53 bits per heavy atom. The zero-order valence-corrected chi connectivity index (χ0v) is 11.8. The van der Waals surface area contributed by atoms with E-state index in [9.17, 15) is 9.18 Å². The molecule has 0 saturated carbocycles. The number of amides is 1. The highest BCUT2D eigenvalue weighted by atomic mass is 35.5. The van der Waals surface area contributed by atoms with Crippen LogP contribution in [-0.2, 0) is 0 Å². The standard InChI is InChI=1S/C13H14ClFN2OS/c14-9-3-4-11(15)10(6-9)13(18)17-5-1-2-8(7-17)12(16)19/h3-4,6,8H,1-2,5,7H2,(H2,16,19). The molecule has 0 spiro atoms. The van der Waals surface area contributed by atoms with Crippen molar-refractivity contribution in [2.45, 2.75) is 12.8 Å². The van der Waals surface area contributed by atoms with Gasteiger partial charge in [0.2, 0.25) is 0 Å². The molecule has 6 heteroatoms. The van der Waals surface area contributed by atoms with Gasteiger partial charge in [0.15, 0.2) is 0 Å². The Hall–Kier alpha value is -1.20. The Kier molecular flexibility index (Phi) is 4.37. The van der Waals surface area contributed by atoms with Crippen molar-refractivity contribution >= 4 is 34.7 Å². The fourth-order valence-corrected chi connectivity index (χ4v) is 2.59. The van der Waals surface area contributed by atoms with Crippen LogP contribution in [0.2, 0.25) is 5.02 Å². The molecule has 0 aromatic heterocycles. The lowest BCUT2D eigenvalue weighted by Gasteiger charge is -2.32. The summed E-state index contributed by atoms with van der Waals surface area (Å²) in [5.74, 6) is -0.914. The molecular formula is C13H14ClFN2OS. The molecule has 2 rings (SSSR count). The number of carbonyl (C=O) groups is 1. The lowest BCUT2D eigenvalue weighted by Crippen LogP contribution is -2.43. The summed E-state index contributed by atoms with van der Waals surface area (Å²) in [6, 6.07) is 3.97. The van der Waals surface area contributed by atoms with E-state index in [0.29, 0.717) is 23.1 Å². The molecule has 0 radical (unpaired) electrons. The number of piperidine rings is 1. The maximum absolute atomic E-state index is 13.7. The molecule has 102 valence electrons. The van der Waals surface area contributed by atoms with Gasteiger partial charge in [-0.25, -0.2) is 4.39 Å². The summed E-state index contributed by atoms with van der Waals surface area (Å²) < 4.78 is 13.7. The van der Waals surface area contributed by atoms with Crippen LogP contribution in [0, 0.1) is 11.7 Å². The van der Waals surface area contributed by atoms with Crippen molar-refractivity contribution in [3.63, 3.8) is 0 Å². The van der Waals surface area contributed by atoms with Crippen molar-refractivity contribution in [2.24, 2.45) is 11.7 Å². The zero-order chi connectivity index (χ0) is 14.0. The van der Waals surface area contributed by atoms with Crippen molar-refractivity contribution in [1.29, 1.82) is 0 Å². The fraction of sp³-hybridized carbons (Fsp3) is 0.385. The second-order valence-corrected chi connectivity index (χ2v) is 5.52. The molecule has 1 aromatic rings. The molecule has 1 saturated heterocycles. The highest BCUT2D eigenvalue weighted by Crippen LogP contribution is 2.21. The van der Waals surface area contributed by atoms with Gasteiger partial charge in [0.05, 0.1) is 10.6 Å². The van der Waals surface area contributed by atoms with Gasteiger partial charge in [-0.05, 0) is 31.0 Å². The van der Waals surface area contributed by atoms with E-state index < -0.39 is 5.82 Å². The normalized spacial score (nSPS) is 19.3. The van der Waals surface area contributed by atoms with E-state index in [1.807, 2.05) is 0 Å². The van der Waals surface area contributed by atoms with E-state index >= 15 is 0 Å². The summed E-state index contributed by atoms with van der Waals surface area (Å²) in [5.41, 5.74) is 5.62. The molecule has 0 aliphatic carbocycles. The maximum Gasteiger partial charge on any atom is 0.256 e. The van der Waals surface area contributed by atoms with Crippen LogP contribution in [0.4, 0.5) is 4.39 Å². The van der Waals surface area contributed by atoms with Gasteiger partial charge in [-0.1, -0.05) is 23.8 Å². The van der Waals surface area contributed by atoms with Gasteiger partial charge in [-0.15, -0.1) is 0 Å². The van der Waals surface area contributed by atoms with Crippen LogP contribution in [-0.4, -0.2) is 28.9 Å². The minimum atomic E-state index is -0.563. The highest BCUT2D eigenvalue weighted by Gasteiger charge is 2.27. The third-order valence-corrected chi connectivity index (χ3v) is 3.84. The number of thiocarbonyl (C=S) groups is 1. The van der Waals surface area contributed by atoms with Crippen molar-refractivity contribution in [3.05, 3.63) is 34.6 Å². The summed E-state index contributed by atoms with van der Waals surface area (Å²) in [6.07, 6.45) is 1.69. The SMILES string of the molecule is NC(=S)C1CCCN(C(=O)c2cc(Cl)ccc2F)C1. The van der Waals surface area contributed by atoms with Crippen molar-refractivity contribution in [3.8, 4) is 0 Å². The third kappa shape index (κ3) is 3.22. The highest BCUT2D eigenvalue weighted by molar-refractivity contribution is 7.80. The molecule has 1 heterocycles. The first-order valence-electron chi connectivity index (χ1n) is 6.02. The van der Waals surface area contributed by atoms with Crippen LogP contribution in [0.15, 0.2) is 18.2 Å². The minimum Gasteiger partial charge on any atom is -0.393 e. The van der Waals surface area contributed by atoms with Gasteiger partial charge in [0.25, 0.3) is 5.91 Å². The third-order valence-electron chi connectivity index (χ3n) is 3.27. The van der Waals surface area contributed by atoms with E-state index in [-0.39, 0.29) is 17.4 Å². The Morgan fingerprint density at radius 3 is 2.95 bits per heavy atom. The number of hydrogen-bond donors (Lipinski definition) is 1. The van der Waals surface area contributed by atoms with Crippen LogP contribution >= 0.6 is 23.8 Å². The van der Waals surface area contributed by atoms with E-state index in [0.717, 1.165) is 12.8 Å². The van der Waals surface area contributed by atoms with Crippen LogP contribution in [0.5, 0.6) is 0 Å². The molecule has 1 aliphatic rings. The number of rotatable bonds is 2. The second kappa shape index (κ2) is 5.84. The van der Waals surface area contributed by atoms with E-state index in [4.69, 9.17) is 29.6 Å². The first-order chi connectivity index (χ1) is 8.99.